The summed E-state index contributed by atoms with van der Waals surface area (Å²) in [4.78, 5) is 4.26. The van der Waals surface area contributed by atoms with Gasteiger partial charge in [0.2, 0.25) is 0 Å². The third-order valence-electron chi connectivity index (χ3n) is 3.58. The Kier molecular flexibility index (Phi) is 4.74. The van der Waals surface area contributed by atoms with Crippen molar-refractivity contribution in [2.24, 2.45) is 16.8 Å². The quantitative estimate of drug-likeness (QED) is 0.640. The van der Waals surface area contributed by atoms with E-state index >= 15 is 0 Å². The van der Waals surface area contributed by atoms with Crippen molar-refractivity contribution in [2.45, 2.75) is 44.3 Å². The van der Waals surface area contributed by atoms with E-state index in [2.05, 4.69) is 29.2 Å². The zero-order chi connectivity index (χ0) is 12.1. The van der Waals surface area contributed by atoms with Gasteiger partial charge >= 0.3 is 0 Å². The maximum atomic E-state index is 4.26. The summed E-state index contributed by atoms with van der Waals surface area (Å²) in [7, 11) is 0. The Bertz CT molecular complexity index is 364. The molecule has 1 fully saturated rings. The van der Waals surface area contributed by atoms with E-state index in [1.807, 2.05) is 24.9 Å². The standard InChI is InChI=1S/C15H21NS/c1-12-11-14(9-10-16-12)4-3-13-5-7-15(17-2)8-6-13/h10-11,13-15H,5-9H2,1-2H3/t13-,14?,15+. The fraction of sp³-hybridized carbons (Fsp3) is 0.667. The van der Waals surface area contributed by atoms with Crippen molar-refractivity contribution in [3.05, 3.63) is 11.8 Å². The molecular formula is C15H21NS. The lowest BCUT2D eigenvalue weighted by Gasteiger charge is -2.24. The normalized spacial score (nSPS) is 32.6. The van der Waals surface area contributed by atoms with E-state index < -0.39 is 0 Å². The van der Waals surface area contributed by atoms with Gasteiger partial charge in [0.25, 0.3) is 0 Å². The first kappa shape index (κ1) is 12.8. The molecule has 0 saturated heterocycles. The molecule has 2 rings (SSSR count). The van der Waals surface area contributed by atoms with Gasteiger partial charge in [0.1, 0.15) is 0 Å². The Morgan fingerprint density at radius 3 is 2.65 bits per heavy atom. The van der Waals surface area contributed by atoms with Gasteiger partial charge < -0.3 is 0 Å². The Balaban J connectivity index is 1.84. The average molecular weight is 247 g/mol. The highest BCUT2D eigenvalue weighted by molar-refractivity contribution is 7.99. The van der Waals surface area contributed by atoms with E-state index in [9.17, 15) is 0 Å². The zero-order valence-corrected chi connectivity index (χ0v) is 11.6. The molecule has 0 amide bonds. The van der Waals surface area contributed by atoms with Crippen LogP contribution in [-0.2, 0) is 0 Å². The van der Waals surface area contributed by atoms with Crippen molar-refractivity contribution in [3.8, 4) is 11.8 Å². The molecule has 2 heteroatoms. The van der Waals surface area contributed by atoms with Gasteiger partial charge in [-0.15, -0.1) is 0 Å². The Hall–Kier alpha value is -0.680. The topological polar surface area (TPSA) is 12.4 Å². The van der Waals surface area contributed by atoms with Crippen LogP contribution in [0.4, 0.5) is 0 Å². The van der Waals surface area contributed by atoms with Gasteiger partial charge in [-0.25, -0.2) is 0 Å². The molecule has 1 saturated carbocycles. The third kappa shape index (κ3) is 3.92. The van der Waals surface area contributed by atoms with Gasteiger partial charge in [-0.2, -0.15) is 11.8 Å². The summed E-state index contributed by atoms with van der Waals surface area (Å²) >= 11 is 2.02. The number of nitrogens with zero attached hydrogens (tertiary/aromatic N) is 1. The van der Waals surface area contributed by atoms with Gasteiger partial charge in [0, 0.05) is 35.4 Å². The molecular weight excluding hydrogens is 226 g/mol. The summed E-state index contributed by atoms with van der Waals surface area (Å²) in [6, 6.07) is 0. The van der Waals surface area contributed by atoms with E-state index in [1.165, 1.54) is 25.7 Å². The lowest BCUT2D eigenvalue weighted by atomic mass is 9.88. The van der Waals surface area contributed by atoms with Crippen LogP contribution in [0.15, 0.2) is 16.8 Å². The van der Waals surface area contributed by atoms with Crippen molar-refractivity contribution in [2.75, 3.05) is 6.26 Å². The minimum atomic E-state index is 0.408. The van der Waals surface area contributed by atoms with Crippen LogP contribution in [-0.4, -0.2) is 17.7 Å². The zero-order valence-electron chi connectivity index (χ0n) is 10.8. The maximum Gasteiger partial charge on any atom is 0.0452 e. The summed E-state index contributed by atoms with van der Waals surface area (Å²) in [6.07, 6.45) is 12.7. The second-order valence-electron chi connectivity index (χ2n) is 4.96. The predicted octanol–water partition coefficient (Wildman–Crippen LogP) is 3.91. The van der Waals surface area contributed by atoms with Crippen molar-refractivity contribution in [1.82, 2.24) is 0 Å². The molecule has 2 aliphatic rings. The first-order valence-corrected chi connectivity index (χ1v) is 7.81. The summed E-state index contributed by atoms with van der Waals surface area (Å²) in [6.45, 7) is 2.05. The highest BCUT2D eigenvalue weighted by Gasteiger charge is 2.18. The second kappa shape index (κ2) is 6.31. The smallest absolute Gasteiger partial charge is 0.0452 e. The molecule has 0 aromatic heterocycles. The second-order valence-corrected chi connectivity index (χ2v) is 6.10. The fourth-order valence-corrected chi connectivity index (χ4v) is 3.22. The summed E-state index contributed by atoms with van der Waals surface area (Å²) in [5.41, 5.74) is 1.11. The van der Waals surface area contributed by atoms with Crippen LogP contribution in [0.5, 0.6) is 0 Å². The SMILES string of the molecule is CS[C@H]1CC[C@@H](C#CC2C=C(C)N=CC2)CC1. The summed E-state index contributed by atoms with van der Waals surface area (Å²) in [5, 5.41) is 0.886. The number of thioether (sulfide) groups is 1. The van der Waals surface area contributed by atoms with Gasteiger partial charge in [-0.1, -0.05) is 11.8 Å². The van der Waals surface area contributed by atoms with Crippen LogP contribution in [0.3, 0.4) is 0 Å². The van der Waals surface area contributed by atoms with Crippen molar-refractivity contribution < 1.29 is 0 Å². The molecule has 1 unspecified atom stereocenters. The molecule has 0 N–H and O–H groups in total. The van der Waals surface area contributed by atoms with Gasteiger partial charge in [0.05, 0.1) is 0 Å². The van der Waals surface area contributed by atoms with Crippen LogP contribution >= 0.6 is 11.8 Å². The monoisotopic (exact) mass is 247 g/mol. The molecule has 0 radical (unpaired) electrons. The average Bonchev–Trinajstić information content (AvgIpc) is 2.37. The highest BCUT2D eigenvalue weighted by Crippen LogP contribution is 2.30. The largest absolute Gasteiger partial charge is 0.266 e. The number of rotatable bonds is 1. The van der Waals surface area contributed by atoms with E-state index in [1.54, 1.807) is 0 Å². The van der Waals surface area contributed by atoms with Crippen LogP contribution in [0, 0.1) is 23.7 Å². The Labute approximate surface area is 109 Å². The van der Waals surface area contributed by atoms with E-state index in [0.29, 0.717) is 11.8 Å². The minimum absolute atomic E-state index is 0.408. The number of hydrogen-bond acceptors (Lipinski definition) is 2. The van der Waals surface area contributed by atoms with Crippen molar-refractivity contribution in [3.63, 3.8) is 0 Å². The van der Waals surface area contributed by atoms with Crippen LogP contribution in [0.2, 0.25) is 0 Å². The van der Waals surface area contributed by atoms with Gasteiger partial charge in [-0.05, 0) is 44.9 Å². The number of hydrogen-bond donors (Lipinski definition) is 0. The highest BCUT2D eigenvalue weighted by atomic mass is 32.2. The van der Waals surface area contributed by atoms with Gasteiger partial charge in [0.15, 0.2) is 0 Å². The third-order valence-corrected chi connectivity index (χ3v) is 4.72. The molecule has 1 nitrogen and oxygen atoms in total. The molecule has 0 spiro atoms. The molecule has 1 aliphatic heterocycles. The van der Waals surface area contributed by atoms with Crippen molar-refractivity contribution in [1.29, 1.82) is 0 Å². The first-order valence-electron chi connectivity index (χ1n) is 6.52. The molecule has 0 aromatic carbocycles. The van der Waals surface area contributed by atoms with E-state index in [0.717, 1.165) is 17.4 Å². The molecule has 17 heavy (non-hydrogen) atoms. The molecule has 1 heterocycles. The lowest BCUT2D eigenvalue weighted by molar-refractivity contribution is 0.439. The molecule has 0 aromatic rings. The van der Waals surface area contributed by atoms with Crippen LogP contribution in [0.25, 0.3) is 0 Å². The fourth-order valence-electron chi connectivity index (χ4n) is 2.48. The van der Waals surface area contributed by atoms with Gasteiger partial charge in [-0.3, -0.25) is 4.99 Å². The Morgan fingerprint density at radius 2 is 2.00 bits per heavy atom. The molecule has 0 bridgehead atoms. The minimum Gasteiger partial charge on any atom is -0.266 e. The predicted molar refractivity (Wildman–Crippen MR) is 77.4 cm³/mol. The summed E-state index contributed by atoms with van der Waals surface area (Å²) in [5.74, 6) is 7.97. The van der Waals surface area contributed by atoms with Crippen LogP contribution < -0.4 is 0 Å². The first-order chi connectivity index (χ1) is 8.28. The number of allylic oxidation sites excluding steroid dienone is 2. The molecule has 1 atom stereocenters. The Morgan fingerprint density at radius 1 is 1.24 bits per heavy atom. The number of aliphatic imine (C=N–C) groups is 1. The van der Waals surface area contributed by atoms with Crippen molar-refractivity contribution >= 4 is 18.0 Å². The molecule has 1 aliphatic carbocycles. The molecule has 92 valence electrons. The summed E-state index contributed by atoms with van der Waals surface area (Å²) < 4.78 is 0. The lowest BCUT2D eigenvalue weighted by Crippen LogP contribution is -2.14. The van der Waals surface area contributed by atoms with Crippen LogP contribution in [0.1, 0.15) is 39.0 Å². The van der Waals surface area contributed by atoms with E-state index in [-0.39, 0.29) is 0 Å². The van der Waals surface area contributed by atoms with E-state index in [4.69, 9.17) is 0 Å². The maximum absolute atomic E-state index is 4.26.